The molecule has 0 aliphatic carbocycles. The smallest absolute Gasteiger partial charge is 0.306 e. The largest absolute Gasteiger partial charge is 0.466 e. The monoisotopic (exact) mass is 285 g/mol. The highest BCUT2D eigenvalue weighted by atomic mass is 32.2. The van der Waals surface area contributed by atoms with Gasteiger partial charge in [0.25, 0.3) is 0 Å². The lowest BCUT2D eigenvalue weighted by atomic mass is 10.1. The average Bonchev–Trinajstić information content (AvgIpc) is 2.36. The van der Waals surface area contributed by atoms with Crippen molar-refractivity contribution in [2.24, 2.45) is 5.14 Å². The summed E-state index contributed by atoms with van der Waals surface area (Å²) >= 11 is 0. The van der Waals surface area contributed by atoms with Crippen molar-refractivity contribution in [3.8, 4) is 0 Å². The Hall–Kier alpha value is -1.40. The van der Waals surface area contributed by atoms with E-state index >= 15 is 0 Å². The summed E-state index contributed by atoms with van der Waals surface area (Å²) in [6, 6.07) is 6.18. The summed E-state index contributed by atoms with van der Waals surface area (Å²) in [5.74, 6) is -0.232. The van der Waals surface area contributed by atoms with Crippen LogP contribution >= 0.6 is 0 Å². The molecule has 1 rings (SSSR count). The fraction of sp³-hybridized carbons (Fsp3) is 0.462. The first-order valence-electron chi connectivity index (χ1n) is 6.21. The molecule has 0 bridgehead atoms. The zero-order chi connectivity index (χ0) is 14.3. The van der Waals surface area contributed by atoms with Crippen LogP contribution in [0.1, 0.15) is 31.7 Å². The van der Waals surface area contributed by atoms with Crippen LogP contribution < -0.4 is 5.14 Å². The summed E-state index contributed by atoms with van der Waals surface area (Å²) in [6.45, 7) is 2.49. The van der Waals surface area contributed by atoms with Crippen molar-refractivity contribution < 1.29 is 17.9 Å². The van der Waals surface area contributed by atoms with Crippen molar-refractivity contribution in [3.63, 3.8) is 0 Å². The van der Waals surface area contributed by atoms with E-state index in [9.17, 15) is 13.2 Å². The van der Waals surface area contributed by atoms with Gasteiger partial charge in [0.2, 0.25) is 10.0 Å². The minimum Gasteiger partial charge on any atom is -0.466 e. The Morgan fingerprint density at radius 3 is 2.42 bits per heavy atom. The van der Waals surface area contributed by atoms with Crippen molar-refractivity contribution in [2.75, 3.05) is 6.61 Å². The normalized spacial score (nSPS) is 11.3. The number of hydrogen-bond acceptors (Lipinski definition) is 4. The molecule has 0 radical (unpaired) electrons. The van der Waals surface area contributed by atoms with E-state index in [0.717, 1.165) is 18.4 Å². The number of aryl methyl sites for hydroxylation is 1. The SMILES string of the molecule is CCCCOC(=O)CCc1ccc(S(N)(=O)=O)cc1. The van der Waals surface area contributed by atoms with Gasteiger partial charge in [0.1, 0.15) is 0 Å². The number of ether oxygens (including phenoxy) is 1. The highest BCUT2D eigenvalue weighted by Gasteiger charge is 2.08. The quantitative estimate of drug-likeness (QED) is 0.609. The standard InChI is InChI=1S/C13H19NO4S/c1-2-3-10-18-13(15)9-6-11-4-7-12(8-5-11)19(14,16)17/h4-5,7-8H,2-3,6,9-10H2,1H3,(H2,14,16,17). The number of primary sulfonamides is 1. The van der Waals surface area contributed by atoms with Crippen molar-refractivity contribution in [1.29, 1.82) is 0 Å². The Kier molecular flexibility index (Phi) is 5.98. The Morgan fingerprint density at radius 2 is 1.89 bits per heavy atom. The molecule has 1 aromatic rings. The molecule has 0 unspecified atom stereocenters. The number of carbonyl (C=O) groups is 1. The Balaban J connectivity index is 2.44. The predicted octanol–water partition coefficient (Wildman–Crippen LogP) is 1.61. The third kappa shape index (κ3) is 5.85. The molecule has 0 atom stereocenters. The van der Waals surface area contributed by atoms with E-state index in [4.69, 9.17) is 9.88 Å². The summed E-state index contributed by atoms with van der Waals surface area (Å²) < 4.78 is 27.1. The number of hydrogen-bond donors (Lipinski definition) is 1. The Morgan fingerprint density at radius 1 is 1.26 bits per heavy atom. The Bertz CT molecular complexity index is 508. The van der Waals surface area contributed by atoms with Crippen LogP contribution in [0.15, 0.2) is 29.2 Å². The summed E-state index contributed by atoms with van der Waals surface area (Å²) in [7, 11) is -3.66. The molecule has 6 heteroatoms. The molecule has 0 spiro atoms. The van der Waals surface area contributed by atoms with E-state index < -0.39 is 10.0 Å². The van der Waals surface area contributed by atoms with Crippen LogP contribution in [-0.2, 0) is 26.0 Å². The lowest BCUT2D eigenvalue weighted by Gasteiger charge is -2.04. The van der Waals surface area contributed by atoms with Gasteiger partial charge in [0.05, 0.1) is 11.5 Å². The number of unbranched alkanes of at least 4 members (excludes halogenated alkanes) is 1. The van der Waals surface area contributed by atoms with Gasteiger partial charge in [-0.05, 0) is 30.5 Å². The molecule has 0 aliphatic heterocycles. The number of esters is 1. The van der Waals surface area contributed by atoms with E-state index in [1.807, 2.05) is 6.92 Å². The molecule has 106 valence electrons. The van der Waals surface area contributed by atoms with E-state index in [0.29, 0.717) is 19.4 Å². The van der Waals surface area contributed by atoms with E-state index in [2.05, 4.69) is 0 Å². The van der Waals surface area contributed by atoms with Gasteiger partial charge >= 0.3 is 5.97 Å². The van der Waals surface area contributed by atoms with Crippen molar-refractivity contribution in [3.05, 3.63) is 29.8 Å². The number of nitrogens with two attached hydrogens (primary N) is 1. The van der Waals surface area contributed by atoms with Crippen LogP contribution in [0.4, 0.5) is 0 Å². The average molecular weight is 285 g/mol. The van der Waals surface area contributed by atoms with Crippen molar-refractivity contribution in [1.82, 2.24) is 0 Å². The molecular formula is C13H19NO4S. The Labute approximate surface area is 113 Å². The first kappa shape index (κ1) is 15.7. The summed E-state index contributed by atoms with van der Waals surface area (Å²) in [5.41, 5.74) is 0.875. The van der Waals surface area contributed by atoms with Crippen LogP contribution in [0.5, 0.6) is 0 Å². The fourth-order valence-corrected chi connectivity index (χ4v) is 2.01. The summed E-state index contributed by atoms with van der Waals surface area (Å²) in [6.07, 6.45) is 2.67. The minimum absolute atomic E-state index is 0.0711. The molecule has 5 nitrogen and oxygen atoms in total. The molecule has 0 amide bonds. The van der Waals surface area contributed by atoms with E-state index in [-0.39, 0.29) is 10.9 Å². The minimum atomic E-state index is -3.66. The molecule has 0 fully saturated rings. The molecule has 2 N–H and O–H groups in total. The number of carbonyl (C=O) groups excluding carboxylic acids is 1. The number of benzene rings is 1. The number of rotatable bonds is 7. The van der Waals surface area contributed by atoms with Crippen molar-refractivity contribution in [2.45, 2.75) is 37.5 Å². The molecule has 1 aromatic carbocycles. The highest BCUT2D eigenvalue weighted by molar-refractivity contribution is 7.89. The van der Waals surface area contributed by atoms with Gasteiger partial charge in [0, 0.05) is 6.42 Å². The maximum absolute atomic E-state index is 11.4. The third-order valence-corrected chi connectivity index (χ3v) is 3.56. The third-order valence-electron chi connectivity index (χ3n) is 2.63. The van der Waals surface area contributed by atoms with Crippen LogP contribution in [-0.4, -0.2) is 21.0 Å². The summed E-state index contributed by atoms with van der Waals surface area (Å²) in [4.78, 5) is 11.5. The molecule has 0 aliphatic rings. The zero-order valence-corrected chi connectivity index (χ0v) is 11.8. The van der Waals surface area contributed by atoms with Gasteiger partial charge in [-0.15, -0.1) is 0 Å². The summed E-state index contributed by atoms with van der Waals surface area (Å²) in [5, 5.41) is 5.00. The first-order valence-corrected chi connectivity index (χ1v) is 7.75. The maximum Gasteiger partial charge on any atom is 0.306 e. The van der Waals surface area contributed by atoms with Crippen LogP contribution in [0.2, 0.25) is 0 Å². The first-order chi connectivity index (χ1) is 8.93. The van der Waals surface area contributed by atoms with E-state index in [1.54, 1.807) is 12.1 Å². The molecule has 19 heavy (non-hydrogen) atoms. The van der Waals surface area contributed by atoms with Gasteiger partial charge in [-0.1, -0.05) is 25.5 Å². The lowest BCUT2D eigenvalue weighted by molar-refractivity contribution is -0.143. The van der Waals surface area contributed by atoms with Gasteiger partial charge in [-0.2, -0.15) is 0 Å². The predicted molar refractivity (Wildman–Crippen MR) is 72.0 cm³/mol. The second-order valence-electron chi connectivity index (χ2n) is 4.26. The highest BCUT2D eigenvalue weighted by Crippen LogP contribution is 2.10. The molecule has 0 saturated carbocycles. The zero-order valence-electron chi connectivity index (χ0n) is 11.0. The van der Waals surface area contributed by atoms with Gasteiger partial charge < -0.3 is 4.74 Å². The molecule has 0 saturated heterocycles. The molecular weight excluding hydrogens is 266 g/mol. The maximum atomic E-state index is 11.4. The van der Waals surface area contributed by atoms with Gasteiger partial charge in [0.15, 0.2) is 0 Å². The van der Waals surface area contributed by atoms with E-state index in [1.165, 1.54) is 12.1 Å². The fourth-order valence-electron chi connectivity index (χ4n) is 1.49. The van der Waals surface area contributed by atoms with Crippen LogP contribution in [0, 0.1) is 0 Å². The second kappa shape index (κ2) is 7.25. The van der Waals surface area contributed by atoms with Crippen molar-refractivity contribution >= 4 is 16.0 Å². The second-order valence-corrected chi connectivity index (χ2v) is 5.82. The van der Waals surface area contributed by atoms with Gasteiger partial charge in [-0.3, -0.25) is 4.79 Å². The molecule has 0 heterocycles. The van der Waals surface area contributed by atoms with Crippen LogP contribution in [0.3, 0.4) is 0 Å². The van der Waals surface area contributed by atoms with Gasteiger partial charge in [-0.25, -0.2) is 13.6 Å². The number of sulfonamides is 1. The topological polar surface area (TPSA) is 86.5 Å². The van der Waals surface area contributed by atoms with Crippen LogP contribution in [0.25, 0.3) is 0 Å². The lowest BCUT2D eigenvalue weighted by Crippen LogP contribution is -2.12. The molecule has 0 aromatic heterocycles.